The number of hydrogen-bond donors (Lipinski definition) is 0. The van der Waals surface area contributed by atoms with Crippen LogP contribution in [0.25, 0.3) is 0 Å². The molecule has 2 aliphatic heterocycles. The van der Waals surface area contributed by atoms with Gasteiger partial charge in [0.25, 0.3) is 0 Å². The van der Waals surface area contributed by atoms with E-state index >= 15 is 0 Å². The molecule has 0 bridgehead atoms. The second-order valence-electron chi connectivity index (χ2n) is 5.52. The standard InChI is InChI=1S/C14H25NO2/c1-12(16)11-13-5-2-8-15(13)9-3-6-14-7-4-10-17-14/h13-14H,2-11H2,1H3. The first kappa shape index (κ1) is 13.0. The van der Waals surface area contributed by atoms with Crippen LogP contribution in [-0.4, -0.2) is 42.5 Å². The zero-order chi connectivity index (χ0) is 12.1. The second-order valence-corrected chi connectivity index (χ2v) is 5.52. The summed E-state index contributed by atoms with van der Waals surface area (Å²) in [5.41, 5.74) is 0. The number of hydrogen-bond acceptors (Lipinski definition) is 3. The zero-order valence-electron chi connectivity index (χ0n) is 11.0. The highest BCUT2D eigenvalue weighted by molar-refractivity contribution is 5.76. The fourth-order valence-electron chi connectivity index (χ4n) is 3.15. The van der Waals surface area contributed by atoms with Crippen molar-refractivity contribution in [3.63, 3.8) is 0 Å². The smallest absolute Gasteiger partial charge is 0.131 e. The van der Waals surface area contributed by atoms with Gasteiger partial charge < -0.3 is 4.74 Å². The number of ketones is 1. The van der Waals surface area contributed by atoms with Crippen LogP contribution >= 0.6 is 0 Å². The minimum Gasteiger partial charge on any atom is -0.378 e. The molecule has 0 aromatic heterocycles. The first-order valence-corrected chi connectivity index (χ1v) is 7.11. The Balaban J connectivity index is 1.64. The molecule has 0 amide bonds. The van der Waals surface area contributed by atoms with Crippen LogP contribution in [0.5, 0.6) is 0 Å². The summed E-state index contributed by atoms with van der Waals surface area (Å²) in [6, 6.07) is 0.525. The third-order valence-electron chi connectivity index (χ3n) is 4.02. The first-order valence-electron chi connectivity index (χ1n) is 7.11. The van der Waals surface area contributed by atoms with Gasteiger partial charge in [0.05, 0.1) is 6.10 Å². The van der Waals surface area contributed by atoms with Gasteiger partial charge in [0.1, 0.15) is 5.78 Å². The Bertz CT molecular complexity index is 249. The van der Waals surface area contributed by atoms with Gasteiger partial charge in [-0.15, -0.1) is 0 Å². The predicted octanol–water partition coefficient (Wildman–Crippen LogP) is 2.39. The van der Waals surface area contributed by atoms with Crippen molar-refractivity contribution < 1.29 is 9.53 Å². The molecule has 0 aromatic carbocycles. The quantitative estimate of drug-likeness (QED) is 0.713. The van der Waals surface area contributed by atoms with Crippen molar-refractivity contribution in [3.8, 4) is 0 Å². The van der Waals surface area contributed by atoms with Gasteiger partial charge in [-0.3, -0.25) is 9.69 Å². The molecule has 2 heterocycles. The van der Waals surface area contributed by atoms with E-state index in [1.165, 1.54) is 45.1 Å². The molecule has 17 heavy (non-hydrogen) atoms. The van der Waals surface area contributed by atoms with Gasteiger partial charge in [-0.2, -0.15) is 0 Å². The number of rotatable bonds is 6. The number of carbonyl (C=O) groups excluding carboxylic acids is 1. The number of carbonyl (C=O) groups is 1. The van der Waals surface area contributed by atoms with Crippen molar-refractivity contribution in [1.29, 1.82) is 0 Å². The van der Waals surface area contributed by atoms with Crippen LogP contribution < -0.4 is 0 Å². The highest BCUT2D eigenvalue weighted by Gasteiger charge is 2.25. The lowest BCUT2D eigenvalue weighted by molar-refractivity contribution is -0.118. The summed E-state index contributed by atoms with van der Waals surface area (Å²) >= 11 is 0. The van der Waals surface area contributed by atoms with Crippen LogP contribution in [0.15, 0.2) is 0 Å². The minimum absolute atomic E-state index is 0.334. The lowest BCUT2D eigenvalue weighted by atomic mass is 10.1. The van der Waals surface area contributed by atoms with Crippen LogP contribution in [0.3, 0.4) is 0 Å². The maximum Gasteiger partial charge on any atom is 0.131 e. The first-order chi connectivity index (χ1) is 8.25. The Hall–Kier alpha value is -0.410. The van der Waals surface area contributed by atoms with Crippen molar-refractivity contribution in [2.75, 3.05) is 19.7 Å². The monoisotopic (exact) mass is 239 g/mol. The maximum atomic E-state index is 11.2. The summed E-state index contributed by atoms with van der Waals surface area (Å²) in [5, 5.41) is 0. The molecule has 3 nitrogen and oxygen atoms in total. The number of likely N-dealkylation sites (tertiary alicyclic amines) is 1. The lowest BCUT2D eigenvalue weighted by Gasteiger charge is -2.24. The SMILES string of the molecule is CC(=O)CC1CCCN1CCCC1CCCO1. The molecule has 2 rings (SSSR count). The maximum absolute atomic E-state index is 11.2. The Morgan fingerprint density at radius 1 is 1.35 bits per heavy atom. The summed E-state index contributed by atoms with van der Waals surface area (Å²) < 4.78 is 5.64. The van der Waals surface area contributed by atoms with Crippen molar-refractivity contribution in [2.45, 2.75) is 64.0 Å². The molecule has 3 heteroatoms. The van der Waals surface area contributed by atoms with Gasteiger partial charge in [0.2, 0.25) is 0 Å². The van der Waals surface area contributed by atoms with E-state index in [0.717, 1.165) is 19.6 Å². The fourth-order valence-corrected chi connectivity index (χ4v) is 3.15. The third kappa shape index (κ3) is 4.07. The van der Waals surface area contributed by atoms with Gasteiger partial charge in [-0.1, -0.05) is 0 Å². The summed E-state index contributed by atoms with van der Waals surface area (Å²) in [5.74, 6) is 0.334. The molecule has 2 aliphatic rings. The molecular formula is C14H25NO2. The van der Waals surface area contributed by atoms with Crippen LogP contribution in [-0.2, 0) is 9.53 Å². The van der Waals surface area contributed by atoms with E-state index in [4.69, 9.17) is 4.74 Å². The van der Waals surface area contributed by atoms with Crippen molar-refractivity contribution in [2.24, 2.45) is 0 Å². The molecule has 0 spiro atoms. The molecule has 0 N–H and O–H groups in total. The zero-order valence-corrected chi connectivity index (χ0v) is 11.0. The van der Waals surface area contributed by atoms with Gasteiger partial charge >= 0.3 is 0 Å². The number of Topliss-reactive ketones (excluding diaryl/α,β-unsaturated/α-hetero) is 1. The molecule has 0 aliphatic carbocycles. The van der Waals surface area contributed by atoms with E-state index in [9.17, 15) is 4.79 Å². The third-order valence-corrected chi connectivity index (χ3v) is 4.02. The van der Waals surface area contributed by atoms with Gasteiger partial charge in [0.15, 0.2) is 0 Å². The molecular weight excluding hydrogens is 214 g/mol. The van der Waals surface area contributed by atoms with Gasteiger partial charge in [0, 0.05) is 19.1 Å². The van der Waals surface area contributed by atoms with Gasteiger partial charge in [-0.05, 0) is 58.5 Å². The average Bonchev–Trinajstić information content (AvgIpc) is 2.90. The van der Waals surface area contributed by atoms with Crippen molar-refractivity contribution in [3.05, 3.63) is 0 Å². The Morgan fingerprint density at radius 2 is 2.24 bits per heavy atom. The highest BCUT2D eigenvalue weighted by Crippen LogP contribution is 2.22. The van der Waals surface area contributed by atoms with Crippen LogP contribution in [0.1, 0.15) is 51.9 Å². The minimum atomic E-state index is 0.334. The summed E-state index contributed by atoms with van der Waals surface area (Å²) in [4.78, 5) is 13.7. The Labute approximate surface area is 105 Å². The van der Waals surface area contributed by atoms with E-state index < -0.39 is 0 Å². The highest BCUT2D eigenvalue weighted by atomic mass is 16.5. The van der Waals surface area contributed by atoms with Crippen LogP contribution in [0, 0.1) is 0 Å². The van der Waals surface area contributed by atoms with Crippen molar-refractivity contribution in [1.82, 2.24) is 4.90 Å². The average molecular weight is 239 g/mol. The number of nitrogens with zero attached hydrogens (tertiary/aromatic N) is 1. The van der Waals surface area contributed by atoms with Crippen LogP contribution in [0.4, 0.5) is 0 Å². The summed E-state index contributed by atoms with van der Waals surface area (Å²) in [6.07, 6.45) is 8.64. The largest absolute Gasteiger partial charge is 0.378 e. The predicted molar refractivity (Wildman–Crippen MR) is 68.1 cm³/mol. The van der Waals surface area contributed by atoms with E-state index in [0.29, 0.717) is 17.9 Å². The molecule has 2 saturated heterocycles. The Kier molecular flexibility index (Phi) is 4.99. The summed E-state index contributed by atoms with van der Waals surface area (Å²) in [6.45, 7) is 5.01. The van der Waals surface area contributed by atoms with Gasteiger partial charge in [-0.25, -0.2) is 0 Å². The topological polar surface area (TPSA) is 29.5 Å². The van der Waals surface area contributed by atoms with Crippen molar-refractivity contribution >= 4 is 5.78 Å². The second kappa shape index (κ2) is 6.50. The molecule has 2 fully saturated rings. The normalized spacial score (nSPS) is 29.9. The lowest BCUT2D eigenvalue weighted by Crippen LogP contribution is -2.32. The number of ether oxygens (including phenoxy) is 1. The Morgan fingerprint density at radius 3 is 2.94 bits per heavy atom. The van der Waals surface area contributed by atoms with E-state index in [1.54, 1.807) is 6.92 Å². The molecule has 98 valence electrons. The molecule has 0 saturated carbocycles. The van der Waals surface area contributed by atoms with E-state index in [1.807, 2.05) is 0 Å². The molecule has 0 aromatic rings. The van der Waals surface area contributed by atoms with Crippen LogP contribution in [0.2, 0.25) is 0 Å². The fraction of sp³-hybridized carbons (Fsp3) is 0.929. The van der Waals surface area contributed by atoms with E-state index in [2.05, 4.69) is 4.90 Å². The summed E-state index contributed by atoms with van der Waals surface area (Å²) in [7, 11) is 0. The van der Waals surface area contributed by atoms with E-state index in [-0.39, 0.29) is 0 Å². The molecule has 2 unspecified atom stereocenters. The molecule has 2 atom stereocenters. The molecule has 0 radical (unpaired) electrons.